The number of halogens is 2. The average Bonchev–Trinajstić information content (AvgIpc) is 2.71. The number of nitro groups is 1. The van der Waals surface area contributed by atoms with E-state index in [-0.39, 0.29) is 11.8 Å². The lowest BCUT2D eigenvalue weighted by atomic mass is 10.2. The van der Waals surface area contributed by atoms with Crippen LogP contribution in [0.15, 0.2) is 18.2 Å². The normalized spacial score (nSPS) is 19.3. The second-order valence-electron chi connectivity index (χ2n) is 4.12. The van der Waals surface area contributed by atoms with E-state index in [2.05, 4.69) is 15.9 Å². The van der Waals surface area contributed by atoms with Crippen molar-refractivity contribution in [1.29, 1.82) is 0 Å². The van der Waals surface area contributed by atoms with Crippen LogP contribution in [0, 0.1) is 21.8 Å². The number of amides is 1. The second-order valence-corrected chi connectivity index (χ2v) is 4.77. The first kappa shape index (κ1) is 12.9. The Labute approximate surface area is 111 Å². The highest BCUT2D eigenvalue weighted by Gasteiger charge is 2.31. The number of anilines is 1. The molecule has 0 aliphatic carbocycles. The minimum absolute atomic E-state index is 0.0969. The smallest absolute Gasteiger partial charge is 0.306 e. The summed E-state index contributed by atoms with van der Waals surface area (Å²) >= 11 is 3.31. The molecule has 2 rings (SSSR count). The molecular weight excluding hydrogens is 307 g/mol. The predicted molar refractivity (Wildman–Crippen MR) is 67.3 cm³/mol. The Morgan fingerprint density at radius 1 is 1.56 bits per heavy atom. The van der Waals surface area contributed by atoms with Gasteiger partial charge in [0.25, 0.3) is 0 Å². The van der Waals surface area contributed by atoms with Gasteiger partial charge in [0.15, 0.2) is 0 Å². The molecule has 0 saturated carbocycles. The number of hydrogen-bond acceptors (Lipinski definition) is 3. The highest BCUT2D eigenvalue weighted by atomic mass is 79.9. The number of rotatable bonds is 3. The SMILES string of the molecule is O=C1CC(CBr)CN1c1ccc(F)c([N+](=O)[O-])c1. The summed E-state index contributed by atoms with van der Waals surface area (Å²) in [6.07, 6.45) is 0.399. The first-order chi connectivity index (χ1) is 8.52. The summed E-state index contributed by atoms with van der Waals surface area (Å²) < 4.78 is 13.2. The first-order valence-electron chi connectivity index (χ1n) is 5.33. The Morgan fingerprint density at radius 3 is 2.83 bits per heavy atom. The number of benzene rings is 1. The van der Waals surface area contributed by atoms with Crippen LogP contribution in [0.2, 0.25) is 0 Å². The van der Waals surface area contributed by atoms with Gasteiger partial charge in [-0.3, -0.25) is 14.9 Å². The predicted octanol–water partition coefficient (Wildman–Crippen LogP) is 2.48. The maximum atomic E-state index is 13.2. The standard InChI is InChI=1S/C11H10BrFN2O3/c12-5-7-3-11(16)14(6-7)8-1-2-9(13)10(4-8)15(17)18/h1-2,4,7H,3,5-6H2. The van der Waals surface area contributed by atoms with Gasteiger partial charge in [-0.1, -0.05) is 15.9 Å². The molecule has 1 fully saturated rings. The molecule has 7 heteroatoms. The van der Waals surface area contributed by atoms with Gasteiger partial charge in [0.1, 0.15) is 0 Å². The van der Waals surface area contributed by atoms with Crippen LogP contribution in [-0.2, 0) is 4.79 Å². The van der Waals surface area contributed by atoms with Crippen molar-refractivity contribution in [1.82, 2.24) is 0 Å². The number of alkyl halides is 1. The van der Waals surface area contributed by atoms with Gasteiger partial charge >= 0.3 is 5.69 Å². The zero-order valence-corrected chi connectivity index (χ0v) is 10.9. The summed E-state index contributed by atoms with van der Waals surface area (Å²) in [5.74, 6) is -0.811. The maximum Gasteiger partial charge on any atom is 0.306 e. The molecule has 0 N–H and O–H groups in total. The van der Waals surface area contributed by atoms with Crippen molar-refractivity contribution in [2.24, 2.45) is 5.92 Å². The molecular formula is C11H10BrFN2O3. The third-order valence-corrected chi connectivity index (χ3v) is 3.78. The van der Waals surface area contributed by atoms with Gasteiger partial charge < -0.3 is 4.90 Å². The second kappa shape index (κ2) is 5.01. The minimum atomic E-state index is -0.896. The van der Waals surface area contributed by atoms with E-state index in [1.807, 2.05) is 0 Å². The summed E-state index contributed by atoms with van der Waals surface area (Å²) in [5, 5.41) is 11.3. The van der Waals surface area contributed by atoms with Crippen molar-refractivity contribution in [3.05, 3.63) is 34.1 Å². The summed E-state index contributed by atoms with van der Waals surface area (Å²) in [6.45, 7) is 0.493. The van der Waals surface area contributed by atoms with E-state index in [1.54, 1.807) is 0 Å². The van der Waals surface area contributed by atoms with Crippen molar-refractivity contribution in [3.8, 4) is 0 Å². The van der Waals surface area contributed by atoms with Crippen molar-refractivity contribution < 1.29 is 14.1 Å². The van der Waals surface area contributed by atoms with Crippen LogP contribution in [0.5, 0.6) is 0 Å². The minimum Gasteiger partial charge on any atom is -0.312 e. The zero-order chi connectivity index (χ0) is 13.3. The van der Waals surface area contributed by atoms with Gasteiger partial charge in [0.2, 0.25) is 11.7 Å². The van der Waals surface area contributed by atoms with Crippen LogP contribution in [-0.4, -0.2) is 22.7 Å². The summed E-state index contributed by atoms with van der Waals surface area (Å²) in [6, 6.07) is 3.50. The maximum absolute atomic E-state index is 13.2. The number of nitrogens with zero attached hydrogens (tertiary/aromatic N) is 2. The lowest BCUT2D eigenvalue weighted by molar-refractivity contribution is -0.387. The fourth-order valence-electron chi connectivity index (χ4n) is 1.94. The summed E-state index contributed by atoms with van der Waals surface area (Å²) in [5.41, 5.74) is -0.237. The number of carbonyl (C=O) groups is 1. The molecule has 96 valence electrons. The van der Waals surface area contributed by atoms with Gasteiger partial charge in [-0.2, -0.15) is 4.39 Å². The summed E-state index contributed by atoms with van der Waals surface area (Å²) in [4.78, 5) is 23.1. The molecule has 1 aliphatic rings. The van der Waals surface area contributed by atoms with E-state index in [0.717, 1.165) is 12.1 Å². The molecule has 0 radical (unpaired) electrons. The quantitative estimate of drug-likeness (QED) is 0.489. The Kier molecular flexibility index (Phi) is 3.60. The van der Waals surface area contributed by atoms with Crippen LogP contribution in [0.4, 0.5) is 15.8 Å². The van der Waals surface area contributed by atoms with E-state index in [0.29, 0.717) is 24.0 Å². The van der Waals surface area contributed by atoms with Gasteiger partial charge in [0.05, 0.1) is 10.6 Å². The molecule has 1 amide bonds. The third kappa shape index (κ3) is 2.35. The van der Waals surface area contributed by atoms with Gasteiger partial charge in [-0.05, 0) is 18.1 Å². The Bertz CT molecular complexity index is 509. The van der Waals surface area contributed by atoms with Crippen LogP contribution in [0.3, 0.4) is 0 Å². The van der Waals surface area contributed by atoms with Gasteiger partial charge in [0, 0.05) is 24.4 Å². The molecule has 18 heavy (non-hydrogen) atoms. The van der Waals surface area contributed by atoms with Crippen molar-refractivity contribution in [2.45, 2.75) is 6.42 Å². The fourth-order valence-corrected chi connectivity index (χ4v) is 2.38. The lowest BCUT2D eigenvalue weighted by Gasteiger charge is -2.16. The number of hydrogen-bond donors (Lipinski definition) is 0. The largest absolute Gasteiger partial charge is 0.312 e. The molecule has 1 unspecified atom stereocenters. The van der Waals surface area contributed by atoms with Crippen LogP contribution in [0.1, 0.15) is 6.42 Å². The van der Waals surface area contributed by atoms with E-state index < -0.39 is 16.4 Å². The molecule has 1 aromatic carbocycles. The Morgan fingerprint density at radius 2 is 2.28 bits per heavy atom. The van der Waals surface area contributed by atoms with Crippen molar-refractivity contribution in [3.63, 3.8) is 0 Å². The topological polar surface area (TPSA) is 63.5 Å². The molecule has 0 spiro atoms. The number of carbonyl (C=O) groups excluding carboxylic acids is 1. The molecule has 0 bridgehead atoms. The highest BCUT2D eigenvalue weighted by molar-refractivity contribution is 9.09. The Hall–Kier alpha value is -1.50. The van der Waals surface area contributed by atoms with Crippen LogP contribution in [0.25, 0.3) is 0 Å². The monoisotopic (exact) mass is 316 g/mol. The van der Waals surface area contributed by atoms with Crippen molar-refractivity contribution >= 4 is 33.2 Å². The Balaban J connectivity index is 2.32. The molecule has 0 aromatic heterocycles. The lowest BCUT2D eigenvalue weighted by Crippen LogP contribution is -2.24. The van der Waals surface area contributed by atoms with Gasteiger partial charge in [-0.15, -0.1) is 0 Å². The molecule has 1 aromatic rings. The van der Waals surface area contributed by atoms with E-state index in [1.165, 1.54) is 11.0 Å². The average molecular weight is 317 g/mol. The molecule has 1 saturated heterocycles. The zero-order valence-electron chi connectivity index (χ0n) is 9.31. The fraction of sp³-hybridized carbons (Fsp3) is 0.364. The van der Waals surface area contributed by atoms with E-state index >= 15 is 0 Å². The molecule has 5 nitrogen and oxygen atoms in total. The summed E-state index contributed by atoms with van der Waals surface area (Å²) in [7, 11) is 0. The van der Waals surface area contributed by atoms with E-state index in [4.69, 9.17) is 0 Å². The van der Waals surface area contributed by atoms with Gasteiger partial charge in [-0.25, -0.2) is 0 Å². The number of nitro benzene ring substituents is 1. The van der Waals surface area contributed by atoms with Crippen LogP contribution < -0.4 is 4.90 Å². The molecule has 1 atom stereocenters. The molecule has 1 aliphatic heterocycles. The van der Waals surface area contributed by atoms with Crippen LogP contribution >= 0.6 is 15.9 Å². The highest BCUT2D eigenvalue weighted by Crippen LogP contribution is 2.29. The molecule has 1 heterocycles. The van der Waals surface area contributed by atoms with Crippen molar-refractivity contribution in [2.75, 3.05) is 16.8 Å². The third-order valence-electron chi connectivity index (χ3n) is 2.86. The first-order valence-corrected chi connectivity index (χ1v) is 6.45. The van der Waals surface area contributed by atoms with E-state index in [9.17, 15) is 19.3 Å².